The van der Waals surface area contributed by atoms with Crippen LogP contribution in [0.5, 0.6) is 0 Å². The maximum absolute atomic E-state index is 5.66. The van der Waals surface area contributed by atoms with E-state index < -0.39 is 0 Å². The first-order valence-electron chi connectivity index (χ1n) is 3.75. The van der Waals surface area contributed by atoms with Crippen LogP contribution < -0.4 is 5.43 Å². The highest BCUT2D eigenvalue weighted by molar-refractivity contribution is 6.29. The van der Waals surface area contributed by atoms with Crippen LogP contribution >= 0.6 is 11.6 Å². The van der Waals surface area contributed by atoms with Crippen molar-refractivity contribution in [1.29, 1.82) is 0 Å². The van der Waals surface area contributed by atoms with Gasteiger partial charge in [0.05, 0.1) is 6.04 Å². The summed E-state index contributed by atoms with van der Waals surface area (Å²) in [6, 6.07) is 4.02. The van der Waals surface area contributed by atoms with Gasteiger partial charge in [0.25, 0.3) is 0 Å². The average molecular weight is 182 g/mol. The van der Waals surface area contributed by atoms with E-state index in [1.165, 1.54) is 0 Å². The number of hydrazone groups is 1. The standard InChI is InChI=1S/C8H8ClN3/c9-8-2-1-6(5-10-8)7-3-4-11-12-7/h1-2,4-5,7,12H,3H2. The molecule has 1 aliphatic rings. The molecule has 0 saturated heterocycles. The van der Waals surface area contributed by atoms with Crippen molar-refractivity contribution in [2.45, 2.75) is 12.5 Å². The molecule has 1 aromatic rings. The van der Waals surface area contributed by atoms with Crippen LogP contribution in [0.4, 0.5) is 0 Å². The Morgan fingerprint density at radius 1 is 1.50 bits per heavy atom. The number of nitrogens with zero attached hydrogens (tertiary/aromatic N) is 2. The van der Waals surface area contributed by atoms with Crippen LogP contribution in [-0.2, 0) is 0 Å². The molecule has 0 aliphatic carbocycles. The molecule has 1 aliphatic heterocycles. The van der Waals surface area contributed by atoms with Crippen molar-refractivity contribution in [2.24, 2.45) is 5.10 Å². The van der Waals surface area contributed by atoms with Gasteiger partial charge in [-0.05, 0) is 11.6 Å². The monoisotopic (exact) mass is 181 g/mol. The van der Waals surface area contributed by atoms with Crippen LogP contribution in [0.2, 0.25) is 5.15 Å². The van der Waals surface area contributed by atoms with E-state index in [1.807, 2.05) is 12.3 Å². The molecule has 12 heavy (non-hydrogen) atoms. The lowest BCUT2D eigenvalue weighted by Crippen LogP contribution is -2.09. The number of halogens is 1. The number of hydrogen-bond acceptors (Lipinski definition) is 3. The number of rotatable bonds is 1. The zero-order chi connectivity index (χ0) is 8.39. The minimum absolute atomic E-state index is 0.273. The Hall–Kier alpha value is -1.09. The summed E-state index contributed by atoms with van der Waals surface area (Å²) in [7, 11) is 0. The quantitative estimate of drug-likeness (QED) is 0.671. The van der Waals surface area contributed by atoms with Crippen LogP contribution in [0.3, 0.4) is 0 Å². The number of hydrogen-bond donors (Lipinski definition) is 1. The molecule has 0 radical (unpaired) electrons. The second-order valence-electron chi connectivity index (χ2n) is 2.64. The van der Waals surface area contributed by atoms with Gasteiger partial charge in [0.15, 0.2) is 0 Å². The highest BCUT2D eigenvalue weighted by Gasteiger charge is 2.12. The van der Waals surface area contributed by atoms with Gasteiger partial charge in [0.2, 0.25) is 0 Å². The fraction of sp³-hybridized carbons (Fsp3) is 0.250. The Bertz CT molecular complexity index is 286. The second kappa shape index (κ2) is 3.11. The predicted octanol–water partition coefficient (Wildman–Crippen LogP) is 1.76. The Balaban J connectivity index is 2.18. The highest BCUT2D eigenvalue weighted by Crippen LogP contribution is 2.18. The van der Waals surface area contributed by atoms with E-state index in [0.29, 0.717) is 5.15 Å². The van der Waals surface area contributed by atoms with Crippen LogP contribution in [0.1, 0.15) is 18.0 Å². The lowest BCUT2D eigenvalue weighted by Gasteiger charge is -2.08. The van der Waals surface area contributed by atoms with E-state index in [0.717, 1.165) is 12.0 Å². The Morgan fingerprint density at radius 3 is 3.00 bits per heavy atom. The highest BCUT2D eigenvalue weighted by atomic mass is 35.5. The Kier molecular flexibility index (Phi) is 1.96. The largest absolute Gasteiger partial charge is 0.302 e. The maximum Gasteiger partial charge on any atom is 0.129 e. The summed E-state index contributed by atoms with van der Waals surface area (Å²) in [5, 5.41) is 4.45. The van der Waals surface area contributed by atoms with E-state index in [4.69, 9.17) is 11.6 Å². The molecule has 4 heteroatoms. The maximum atomic E-state index is 5.66. The minimum Gasteiger partial charge on any atom is -0.302 e. The zero-order valence-electron chi connectivity index (χ0n) is 6.37. The molecule has 1 unspecified atom stereocenters. The van der Waals surface area contributed by atoms with Crippen LogP contribution in [-0.4, -0.2) is 11.2 Å². The third kappa shape index (κ3) is 1.41. The molecular formula is C8H8ClN3. The van der Waals surface area contributed by atoms with Crippen LogP contribution in [0.25, 0.3) is 0 Å². The summed E-state index contributed by atoms with van der Waals surface area (Å²) in [6.07, 6.45) is 4.55. The van der Waals surface area contributed by atoms with Gasteiger partial charge in [0.1, 0.15) is 5.15 Å². The molecule has 0 amide bonds. The van der Waals surface area contributed by atoms with E-state index in [-0.39, 0.29) is 6.04 Å². The molecule has 1 aromatic heterocycles. The lowest BCUT2D eigenvalue weighted by molar-refractivity contribution is 0.618. The van der Waals surface area contributed by atoms with Gasteiger partial charge in [0, 0.05) is 18.8 Å². The van der Waals surface area contributed by atoms with E-state index in [9.17, 15) is 0 Å². The fourth-order valence-corrected chi connectivity index (χ4v) is 1.27. The first-order valence-corrected chi connectivity index (χ1v) is 4.12. The Labute approximate surface area is 75.5 Å². The zero-order valence-corrected chi connectivity index (χ0v) is 7.12. The first kappa shape index (κ1) is 7.55. The number of pyridine rings is 1. The van der Waals surface area contributed by atoms with Crippen molar-refractivity contribution in [3.05, 3.63) is 29.0 Å². The van der Waals surface area contributed by atoms with Crippen molar-refractivity contribution >= 4 is 17.8 Å². The minimum atomic E-state index is 0.273. The SMILES string of the molecule is Clc1ccc(C2CC=NN2)cn1. The second-order valence-corrected chi connectivity index (χ2v) is 3.03. The third-order valence-corrected chi connectivity index (χ3v) is 2.04. The summed E-state index contributed by atoms with van der Waals surface area (Å²) in [6.45, 7) is 0. The molecule has 62 valence electrons. The normalized spacial score (nSPS) is 20.9. The number of nitrogens with one attached hydrogen (secondary N) is 1. The van der Waals surface area contributed by atoms with Gasteiger partial charge < -0.3 is 5.43 Å². The predicted molar refractivity (Wildman–Crippen MR) is 48.2 cm³/mol. The van der Waals surface area contributed by atoms with Gasteiger partial charge in [-0.3, -0.25) is 0 Å². The molecule has 0 spiro atoms. The molecule has 0 fully saturated rings. The summed E-state index contributed by atoms with van der Waals surface area (Å²) in [4.78, 5) is 3.99. The average Bonchev–Trinajstić information content (AvgIpc) is 2.58. The molecule has 1 N–H and O–H groups in total. The van der Waals surface area contributed by atoms with Crippen molar-refractivity contribution in [1.82, 2.24) is 10.4 Å². The molecule has 1 atom stereocenters. The van der Waals surface area contributed by atoms with Crippen molar-refractivity contribution < 1.29 is 0 Å². The van der Waals surface area contributed by atoms with Crippen molar-refractivity contribution in [3.8, 4) is 0 Å². The fourth-order valence-electron chi connectivity index (χ4n) is 1.16. The molecule has 3 nitrogen and oxygen atoms in total. The van der Waals surface area contributed by atoms with E-state index >= 15 is 0 Å². The molecular weight excluding hydrogens is 174 g/mol. The van der Waals surface area contributed by atoms with Crippen LogP contribution in [0, 0.1) is 0 Å². The molecule has 2 heterocycles. The van der Waals surface area contributed by atoms with Crippen molar-refractivity contribution in [3.63, 3.8) is 0 Å². The summed E-state index contributed by atoms with van der Waals surface area (Å²) >= 11 is 5.66. The molecule has 0 saturated carbocycles. The third-order valence-electron chi connectivity index (χ3n) is 1.82. The van der Waals surface area contributed by atoms with Crippen molar-refractivity contribution in [2.75, 3.05) is 0 Å². The number of aromatic nitrogens is 1. The van der Waals surface area contributed by atoms with E-state index in [1.54, 1.807) is 12.3 Å². The summed E-state index contributed by atoms with van der Waals surface area (Å²) in [5.41, 5.74) is 4.10. The van der Waals surface area contributed by atoms with Crippen LogP contribution in [0.15, 0.2) is 23.4 Å². The Morgan fingerprint density at radius 2 is 2.42 bits per heavy atom. The lowest BCUT2D eigenvalue weighted by atomic mass is 10.1. The van der Waals surface area contributed by atoms with Gasteiger partial charge >= 0.3 is 0 Å². The smallest absolute Gasteiger partial charge is 0.129 e. The van der Waals surface area contributed by atoms with Gasteiger partial charge in [-0.25, -0.2) is 4.98 Å². The first-order chi connectivity index (χ1) is 5.86. The van der Waals surface area contributed by atoms with Gasteiger partial charge in [-0.2, -0.15) is 5.10 Å². The topological polar surface area (TPSA) is 37.3 Å². The van der Waals surface area contributed by atoms with E-state index in [2.05, 4.69) is 15.5 Å². The molecule has 0 bridgehead atoms. The summed E-state index contributed by atoms with van der Waals surface area (Å²) in [5.74, 6) is 0. The molecule has 2 rings (SSSR count). The summed E-state index contributed by atoms with van der Waals surface area (Å²) < 4.78 is 0. The van der Waals surface area contributed by atoms with Gasteiger partial charge in [-0.15, -0.1) is 0 Å². The van der Waals surface area contributed by atoms with Gasteiger partial charge in [-0.1, -0.05) is 17.7 Å². The molecule has 0 aromatic carbocycles.